The number of carbonyl (C=O) groups excluding carboxylic acids is 1. The highest BCUT2D eigenvalue weighted by atomic mass is 16.1. The lowest BCUT2D eigenvalue weighted by molar-refractivity contribution is -0.117. The second-order valence-electron chi connectivity index (χ2n) is 10.2. The standard InChI is InChI=1S/C25H38N6O/c1-9-18(22(26-8)28-25(7)12-13-25)21(16(2)3)23(32)27-14-20-30-29-19-11-10-17(15-31(19)20)24(4,5)6/h10-11,15,26,28H,9,12-14H2,1-8H3,(H,27,32)/b22-18-. The van der Waals surface area contributed by atoms with E-state index in [9.17, 15) is 4.79 Å². The molecule has 2 aromatic heterocycles. The number of nitrogens with zero attached hydrogens (tertiary/aromatic N) is 3. The number of aromatic nitrogens is 3. The molecule has 3 rings (SSSR count). The van der Waals surface area contributed by atoms with E-state index in [1.165, 1.54) is 5.56 Å². The van der Waals surface area contributed by atoms with Gasteiger partial charge in [0.2, 0.25) is 0 Å². The van der Waals surface area contributed by atoms with Gasteiger partial charge in [-0.05, 0) is 57.1 Å². The Morgan fingerprint density at radius 1 is 1.19 bits per heavy atom. The fourth-order valence-electron chi connectivity index (χ4n) is 3.80. The minimum Gasteiger partial charge on any atom is -0.375 e. The summed E-state index contributed by atoms with van der Waals surface area (Å²) in [5.41, 5.74) is 4.81. The molecule has 0 aromatic carbocycles. The number of hydrogen-bond donors (Lipinski definition) is 3. The fraction of sp³-hybridized carbons (Fsp3) is 0.560. The second-order valence-corrected chi connectivity index (χ2v) is 10.2. The first-order valence-corrected chi connectivity index (χ1v) is 11.5. The summed E-state index contributed by atoms with van der Waals surface area (Å²) in [5.74, 6) is 1.55. The van der Waals surface area contributed by atoms with Crippen LogP contribution in [0.2, 0.25) is 0 Å². The van der Waals surface area contributed by atoms with Gasteiger partial charge in [0.05, 0.1) is 6.54 Å². The number of carbonyl (C=O) groups is 1. The van der Waals surface area contributed by atoms with Crippen LogP contribution in [0.3, 0.4) is 0 Å². The highest BCUT2D eigenvalue weighted by Crippen LogP contribution is 2.36. The molecule has 32 heavy (non-hydrogen) atoms. The largest absolute Gasteiger partial charge is 0.375 e. The van der Waals surface area contributed by atoms with Gasteiger partial charge in [-0.1, -0.05) is 39.3 Å². The molecule has 3 N–H and O–H groups in total. The van der Waals surface area contributed by atoms with Crippen LogP contribution in [0, 0.1) is 0 Å². The summed E-state index contributed by atoms with van der Waals surface area (Å²) in [6.45, 7) is 15.1. The summed E-state index contributed by atoms with van der Waals surface area (Å²) < 4.78 is 1.97. The van der Waals surface area contributed by atoms with Gasteiger partial charge in [-0.25, -0.2) is 0 Å². The van der Waals surface area contributed by atoms with Crippen LogP contribution in [0.1, 0.15) is 79.1 Å². The first kappa shape index (κ1) is 23.8. The number of amides is 1. The zero-order valence-corrected chi connectivity index (χ0v) is 20.8. The Labute approximate surface area is 191 Å². The highest BCUT2D eigenvalue weighted by Gasteiger charge is 2.38. The van der Waals surface area contributed by atoms with Crippen molar-refractivity contribution in [3.8, 4) is 0 Å². The van der Waals surface area contributed by atoms with Crippen LogP contribution in [-0.4, -0.2) is 33.1 Å². The van der Waals surface area contributed by atoms with E-state index in [0.717, 1.165) is 47.4 Å². The van der Waals surface area contributed by atoms with Gasteiger partial charge in [-0.15, -0.1) is 10.2 Å². The number of rotatable bonds is 8. The predicted molar refractivity (Wildman–Crippen MR) is 129 cm³/mol. The molecule has 1 fully saturated rings. The van der Waals surface area contributed by atoms with Crippen molar-refractivity contribution in [2.45, 2.75) is 85.2 Å². The first-order valence-electron chi connectivity index (χ1n) is 11.5. The molecule has 2 aromatic rings. The summed E-state index contributed by atoms with van der Waals surface area (Å²) in [4.78, 5) is 13.3. The van der Waals surface area contributed by atoms with Crippen LogP contribution in [-0.2, 0) is 16.8 Å². The lowest BCUT2D eigenvalue weighted by Crippen LogP contribution is -2.36. The van der Waals surface area contributed by atoms with Crippen molar-refractivity contribution in [1.29, 1.82) is 0 Å². The van der Waals surface area contributed by atoms with Gasteiger partial charge in [0.25, 0.3) is 5.91 Å². The van der Waals surface area contributed by atoms with Crippen molar-refractivity contribution < 1.29 is 4.79 Å². The lowest BCUT2D eigenvalue weighted by atomic mass is 9.88. The minimum absolute atomic E-state index is 0.0176. The van der Waals surface area contributed by atoms with Crippen LogP contribution in [0.5, 0.6) is 0 Å². The van der Waals surface area contributed by atoms with E-state index in [-0.39, 0.29) is 16.9 Å². The van der Waals surface area contributed by atoms with E-state index in [0.29, 0.717) is 12.4 Å². The van der Waals surface area contributed by atoms with Crippen LogP contribution >= 0.6 is 0 Å². The number of fused-ring (bicyclic) bond motifs is 1. The van der Waals surface area contributed by atoms with Gasteiger partial charge >= 0.3 is 0 Å². The van der Waals surface area contributed by atoms with Crippen LogP contribution in [0.15, 0.2) is 40.9 Å². The Morgan fingerprint density at radius 2 is 1.88 bits per heavy atom. The number of hydrogen-bond acceptors (Lipinski definition) is 5. The molecule has 2 heterocycles. The molecule has 0 spiro atoms. The Morgan fingerprint density at radius 3 is 2.41 bits per heavy atom. The number of allylic oxidation sites excluding steroid dienone is 1. The molecule has 0 atom stereocenters. The second kappa shape index (κ2) is 8.96. The third-order valence-electron chi connectivity index (χ3n) is 6.11. The lowest BCUT2D eigenvalue weighted by Gasteiger charge is -2.22. The van der Waals surface area contributed by atoms with Gasteiger partial charge < -0.3 is 16.0 Å². The molecule has 7 nitrogen and oxygen atoms in total. The van der Waals surface area contributed by atoms with Gasteiger partial charge in [-0.2, -0.15) is 0 Å². The summed E-state index contributed by atoms with van der Waals surface area (Å²) in [7, 11) is 1.90. The summed E-state index contributed by atoms with van der Waals surface area (Å²) in [6.07, 6.45) is 5.09. The molecule has 1 aliphatic carbocycles. The normalized spacial score (nSPS) is 15.8. The zero-order chi connectivity index (χ0) is 23.7. The Bertz CT molecular complexity index is 1060. The van der Waals surface area contributed by atoms with Crippen LogP contribution in [0.25, 0.3) is 5.65 Å². The molecule has 0 radical (unpaired) electrons. The predicted octanol–water partition coefficient (Wildman–Crippen LogP) is 3.96. The van der Waals surface area contributed by atoms with E-state index in [2.05, 4.69) is 73.0 Å². The third-order valence-corrected chi connectivity index (χ3v) is 6.11. The first-order chi connectivity index (χ1) is 15.0. The molecule has 0 aliphatic heterocycles. The maximum Gasteiger partial charge on any atom is 0.252 e. The van der Waals surface area contributed by atoms with Crippen LogP contribution < -0.4 is 16.0 Å². The Balaban J connectivity index is 1.85. The monoisotopic (exact) mass is 438 g/mol. The zero-order valence-electron chi connectivity index (χ0n) is 20.8. The smallest absolute Gasteiger partial charge is 0.252 e. The average molecular weight is 439 g/mol. The summed E-state index contributed by atoms with van der Waals surface area (Å²) in [5, 5.41) is 18.5. The van der Waals surface area contributed by atoms with Crippen molar-refractivity contribution in [1.82, 2.24) is 30.5 Å². The van der Waals surface area contributed by atoms with Gasteiger partial charge in [0.1, 0.15) is 5.82 Å². The summed E-state index contributed by atoms with van der Waals surface area (Å²) in [6, 6.07) is 4.06. The van der Waals surface area contributed by atoms with Crippen molar-refractivity contribution in [2.75, 3.05) is 7.05 Å². The van der Waals surface area contributed by atoms with Crippen molar-refractivity contribution in [3.05, 3.63) is 52.3 Å². The molecule has 0 unspecified atom stereocenters. The SMILES string of the molecule is CC/C(C(C(=O)NCc1nnc2ccc(C(C)(C)C)cn12)=C(C)C)=C(\NC)NC1(C)CC1. The van der Waals surface area contributed by atoms with E-state index in [4.69, 9.17) is 0 Å². The molecule has 1 amide bonds. The Hall–Kier alpha value is -2.83. The molecule has 0 saturated heterocycles. The molecular weight excluding hydrogens is 400 g/mol. The van der Waals surface area contributed by atoms with E-state index >= 15 is 0 Å². The summed E-state index contributed by atoms with van der Waals surface area (Å²) >= 11 is 0. The van der Waals surface area contributed by atoms with Gasteiger partial charge in [0.15, 0.2) is 11.5 Å². The number of pyridine rings is 1. The minimum atomic E-state index is -0.0962. The molecule has 7 heteroatoms. The molecule has 0 bridgehead atoms. The molecule has 174 valence electrons. The molecule has 1 saturated carbocycles. The maximum absolute atomic E-state index is 13.3. The fourth-order valence-corrected chi connectivity index (χ4v) is 3.80. The number of nitrogens with one attached hydrogen (secondary N) is 3. The quantitative estimate of drug-likeness (QED) is 0.429. The van der Waals surface area contributed by atoms with Gasteiger partial charge in [0, 0.05) is 29.9 Å². The maximum atomic E-state index is 13.3. The third kappa shape index (κ3) is 5.14. The average Bonchev–Trinajstić information content (AvgIpc) is 3.31. The van der Waals surface area contributed by atoms with Gasteiger partial charge in [-0.3, -0.25) is 9.20 Å². The van der Waals surface area contributed by atoms with E-state index in [1.807, 2.05) is 31.4 Å². The van der Waals surface area contributed by atoms with Crippen molar-refractivity contribution in [2.24, 2.45) is 0 Å². The van der Waals surface area contributed by atoms with Crippen molar-refractivity contribution in [3.63, 3.8) is 0 Å². The van der Waals surface area contributed by atoms with E-state index in [1.54, 1.807) is 0 Å². The molecular formula is C25H38N6O. The van der Waals surface area contributed by atoms with Crippen molar-refractivity contribution >= 4 is 11.6 Å². The topological polar surface area (TPSA) is 83.4 Å². The highest BCUT2D eigenvalue weighted by molar-refractivity contribution is 5.98. The Kier molecular flexibility index (Phi) is 6.67. The van der Waals surface area contributed by atoms with Crippen LogP contribution in [0.4, 0.5) is 0 Å². The van der Waals surface area contributed by atoms with E-state index < -0.39 is 0 Å². The molecule has 1 aliphatic rings.